The van der Waals surface area contributed by atoms with Gasteiger partial charge in [0.05, 0.1) is 0 Å². The molecule has 1 fully saturated rings. The number of amides is 1. The minimum absolute atomic E-state index is 0.00981. The van der Waals surface area contributed by atoms with E-state index >= 15 is 0 Å². The first-order valence-electron chi connectivity index (χ1n) is 12.0. The van der Waals surface area contributed by atoms with Gasteiger partial charge in [-0.3, -0.25) is 4.90 Å². The van der Waals surface area contributed by atoms with Crippen LogP contribution in [0.4, 0.5) is 17.7 Å². The number of halogens is 4. The molecule has 2 aliphatic rings. The van der Waals surface area contributed by atoms with Gasteiger partial charge in [0.1, 0.15) is 6.61 Å². The van der Waals surface area contributed by atoms with Crippen LogP contribution >= 0.6 is 22.6 Å². The van der Waals surface area contributed by atoms with Gasteiger partial charge >= 0.3 is 13.1 Å². The minimum atomic E-state index is -5.04. The van der Waals surface area contributed by atoms with Gasteiger partial charge in [0.15, 0.2) is 0 Å². The Hall–Kier alpha value is -2.53. The van der Waals surface area contributed by atoms with Crippen LogP contribution in [-0.4, -0.2) is 55.7 Å². The van der Waals surface area contributed by atoms with Crippen molar-refractivity contribution in [3.8, 4) is 11.1 Å². The van der Waals surface area contributed by atoms with Gasteiger partial charge in [0.2, 0.25) is 0 Å². The molecular weight excluding hydrogens is 579 g/mol. The lowest BCUT2D eigenvalue weighted by Gasteiger charge is -2.35. The summed E-state index contributed by atoms with van der Waals surface area (Å²) < 4.78 is 46.4. The Morgan fingerprint density at radius 3 is 2.14 bits per heavy atom. The predicted octanol–water partition coefficient (Wildman–Crippen LogP) is 5.72. The Balaban J connectivity index is 1.19. The third kappa shape index (κ3) is 5.00. The summed E-state index contributed by atoms with van der Waals surface area (Å²) in [6.07, 6.45) is -0.344. The van der Waals surface area contributed by atoms with Crippen LogP contribution in [0.15, 0.2) is 60.7 Å². The zero-order valence-corrected chi connectivity index (χ0v) is 22.1. The van der Waals surface area contributed by atoms with Crippen LogP contribution in [0.25, 0.3) is 11.1 Å². The van der Waals surface area contributed by atoms with Crippen LogP contribution in [0.2, 0.25) is 0 Å². The minimum Gasteiger partial charge on any atom is -0.448 e. The van der Waals surface area contributed by atoms with E-state index < -0.39 is 12.4 Å². The third-order valence-corrected chi connectivity index (χ3v) is 8.33. The molecule has 1 amide bonds. The molecule has 4 nitrogen and oxygen atoms in total. The number of carbonyl (C=O) groups excluding carboxylic acids is 1. The quantitative estimate of drug-likeness (QED) is 0.276. The van der Waals surface area contributed by atoms with Crippen LogP contribution < -0.4 is 5.46 Å². The molecule has 1 saturated heterocycles. The molecule has 3 aromatic carbocycles. The van der Waals surface area contributed by atoms with E-state index in [0.29, 0.717) is 41.9 Å². The molecule has 9 heteroatoms. The van der Waals surface area contributed by atoms with Crippen molar-refractivity contribution in [1.82, 2.24) is 9.80 Å². The second kappa shape index (κ2) is 10.1. The van der Waals surface area contributed by atoms with Crippen LogP contribution in [0.3, 0.4) is 0 Å². The number of rotatable bonds is 5. The summed E-state index contributed by atoms with van der Waals surface area (Å²) in [6.45, 7) is -0.347. The molecule has 1 aliphatic heterocycles. The molecule has 5 rings (SSSR count). The maximum absolute atomic E-state index is 13.3. The molecule has 0 bridgehead atoms. The number of hydrogen-bond donors (Lipinski definition) is 0. The van der Waals surface area contributed by atoms with Gasteiger partial charge in [-0.05, 0) is 62.9 Å². The molecule has 0 radical (unpaired) electrons. The van der Waals surface area contributed by atoms with Gasteiger partial charge in [-0.1, -0.05) is 60.7 Å². The first-order valence-corrected chi connectivity index (χ1v) is 13.1. The molecule has 3 aromatic rings. The number of nitrogens with zero attached hydrogens (tertiary/aromatic N) is 2. The average Bonchev–Trinajstić information content (AvgIpc) is 3.19. The van der Waals surface area contributed by atoms with Crippen molar-refractivity contribution in [1.29, 1.82) is 0 Å². The first kappa shape index (κ1) is 25.1. The SMILES string of the molecule is Cc1c(I)cc([B-](F)(F)F)cc1CN1CCN(C(=O)OCC2c3ccccc3-c3ccccc32)CC1. The van der Waals surface area contributed by atoms with E-state index in [0.717, 1.165) is 5.56 Å². The van der Waals surface area contributed by atoms with Crippen molar-refractivity contribution >= 4 is 41.1 Å². The van der Waals surface area contributed by atoms with Crippen LogP contribution in [0.5, 0.6) is 0 Å². The number of piperazine rings is 1. The zero-order valence-electron chi connectivity index (χ0n) is 19.9. The molecule has 1 heterocycles. The van der Waals surface area contributed by atoms with Crippen molar-refractivity contribution in [2.75, 3.05) is 32.8 Å². The van der Waals surface area contributed by atoms with E-state index in [1.165, 1.54) is 34.4 Å². The molecule has 36 heavy (non-hydrogen) atoms. The van der Waals surface area contributed by atoms with E-state index in [1.54, 1.807) is 4.90 Å². The van der Waals surface area contributed by atoms with Gasteiger partial charge in [-0.2, -0.15) is 0 Å². The highest BCUT2D eigenvalue weighted by molar-refractivity contribution is 14.1. The van der Waals surface area contributed by atoms with Crippen molar-refractivity contribution in [3.63, 3.8) is 0 Å². The summed E-state index contributed by atoms with van der Waals surface area (Å²) in [7, 11) is 0. The normalized spacial score (nSPS) is 16.1. The van der Waals surface area contributed by atoms with E-state index in [2.05, 4.69) is 29.2 Å². The Labute approximate surface area is 222 Å². The number of ether oxygens (including phenoxy) is 1. The second-order valence-electron chi connectivity index (χ2n) is 9.43. The van der Waals surface area contributed by atoms with Gasteiger partial charge in [0.25, 0.3) is 0 Å². The van der Waals surface area contributed by atoms with Crippen molar-refractivity contribution < 1.29 is 22.5 Å². The number of benzene rings is 3. The lowest BCUT2D eigenvalue weighted by atomic mass is 9.78. The molecule has 0 atom stereocenters. The monoisotopic (exact) mass is 605 g/mol. The van der Waals surface area contributed by atoms with Crippen molar-refractivity contribution in [3.05, 3.63) is 86.5 Å². The highest BCUT2D eigenvalue weighted by Crippen LogP contribution is 2.44. The smallest absolute Gasteiger partial charge is 0.448 e. The zero-order chi connectivity index (χ0) is 25.4. The van der Waals surface area contributed by atoms with Gasteiger partial charge in [-0.15, -0.1) is 5.46 Å². The fourth-order valence-electron chi connectivity index (χ4n) is 5.13. The molecule has 0 unspecified atom stereocenters. The predicted molar refractivity (Wildman–Crippen MR) is 145 cm³/mol. The molecule has 0 spiro atoms. The molecular formula is C27H26BF3IN2O2-. The second-order valence-corrected chi connectivity index (χ2v) is 10.6. The number of hydrogen-bond acceptors (Lipinski definition) is 3. The van der Waals surface area contributed by atoms with Gasteiger partial charge in [-0.25, -0.2) is 4.79 Å². The topological polar surface area (TPSA) is 32.8 Å². The maximum Gasteiger partial charge on any atom is 0.509 e. The Bertz CT molecular complexity index is 1250. The van der Waals surface area contributed by atoms with Crippen LogP contribution in [0.1, 0.15) is 28.2 Å². The first-order chi connectivity index (χ1) is 17.2. The lowest BCUT2D eigenvalue weighted by Crippen LogP contribution is -2.48. The summed E-state index contributed by atoms with van der Waals surface area (Å²) in [5.74, 6) is 0.00981. The summed E-state index contributed by atoms with van der Waals surface area (Å²) in [6, 6.07) is 18.9. The molecule has 0 N–H and O–H groups in total. The number of carbonyl (C=O) groups is 1. The highest BCUT2D eigenvalue weighted by Gasteiger charge is 2.31. The number of fused-ring (bicyclic) bond motifs is 3. The summed E-state index contributed by atoms with van der Waals surface area (Å²) in [4.78, 5) is 16.6. The largest absolute Gasteiger partial charge is 0.509 e. The summed E-state index contributed by atoms with van der Waals surface area (Å²) in [5, 5.41) is 0. The lowest BCUT2D eigenvalue weighted by molar-refractivity contribution is 0.0728. The van der Waals surface area contributed by atoms with Crippen molar-refractivity contribution in [2.45, 2.75) is 19.4 Å². The van der Waals surface area contributed by atoms with E-state index in [9.17, 15) is 17.7 Å². The molecule has 188 valence electrons. The standard InChI is InChI=1S/C27H26BF3IN2O2/c1-18-19(14-20(15-26(18)32)28(29,30)31)16-33-10-12-34(13-11-33)27(35)36-17-25-23-8-4-2-6-21(23)22-7-3-5-9-24(22)25/h2-9,14-15,25H,10-13,16-17H2,1H3/q-1. The maximum atomic E-state index is 13.3. The summed E-state index contributed by atoms with van der Waals surface area (Å²) >= 11 is 1.97. The Morgan fingerprint density at radius 1 is 0.972 bits per heavy atom. The van der Waals surface area contributed by atoms with Crippen molar-refractivity contribution in [2.24, 2.45) is 0 Å². The van der Waals surface area contributed by atoms with Crippen LogP contribution in [-0.2, 0) is 11.3 Å². The van der Waals surface area contributed by atoms with Gasteiger partial charge < -0.3 is 22.6 Å². The van der Waals surface area contributed by atoms with E-state index in [1.807, 2.05) is 53.8 Å². The Kier molecular flexibility index (Phi) is 7.04. The molecule has 1 aliphatic carbocycles. The molecule has 0 aromatic heterocycles. The van der Waals surface area contributed by atoms with E-state index in [-0.39, 0.29) is 18.6 Å². The third-order valence-electron chi connectivity index (χ3n) is 7.21. The highest BCUT2D eigenvalue weighted by atomic mass is 127. The fourth-order valence-corrected chi connectivity index (χ4v) is 5.83. The Morgan fingerprint density at radius 2 is 1.56 bits per heavy atom. The summed E-state index contributed by atoms with van der Waals surface area (Å²) in [5.41, 5.74) is 5.71. The van der Waals surface area contributed by atoms with Gasteiger partial charge in [0, 0.05) is 42.2 Å². The fraction of sp³-hybridized carbons (Fsp3) is 0.296. The molecule has 0 saturated carbocycles. The van der Waals surface area contributed by atoms with E-state index in [4.69, 9.17) is 4.74 Å². The van der Waals surface area contributed by atoms with Crippen LogP contribution in [0, 0.1) is 10.5 Å². The average molecular weight is 605 g/mol.